The second kappa shape index (κ2) is 5.85. The first kappa shape index (κ1) is 14.1. The molecule has 0 fully saturated rings. The summed E-state index contributed by atoms with van der Waals surface area (Å²) in [7, 11) is 0. The molecule has 0 spiro atoms. The number of halogens is 2. The highest BCUT2D eigenvalue weighted by atomic mass is 32.2. The van der Waals surface area contributed by atoms with Crippen molar-refractivity contribution in [1.82, 2.24) is 5.32 Å². The minimum absolute atomic E-state index is 0.243. The number of nitrogens with one attached hydrogen (secondary N) is 1. The van der Waals surface area contributed by atoms with Crippen LogP contribution in [0.4, 0.5) is 8.78 Å². The van der Waals surface area contributed by atoms with Gasteiger partial charge in [0.15, 0.2) is 0 Å². The van der Waals surface area contributed by atoms with Gasteiger partial charge in [0.25, 0.3) is 5.91 Å². The van der Waals surface area contributed by atoms with Gasteiger partial charge in [0.05, 0.1) is 6.04 Å². The number of fused-ring (bicyclic) bond motifs is 1. The van der Waals surface area contributed by atoms with Crippen LogP contribution in [0.5, 0.6) is 0 Å². The van der Waals surface area contributed by atoms with Gasteiger partial charge >= 0.3 is 0 Å². The molecular weight excluding hydrogens is 292 g/mol. The van der Waals surface area contributed by atoms with Crippen molar-refractivity contribution >= 4 is 17.7 Å². The summed E-state index contributed by atoms with van der Waals surface area (Å²) in [5.41, 5.74) is 1.06. The summed E-state index contributed by atoms with van der Waals surface area (Å²) in [6.07, 6.45) is 0.724. The van der Waals surface area contributed by atoms with Crippen LogP contribution in [0.2, 0.25) is 0 Å². The molecule has 0 saturated carbocycles. The molecule has 1 amide bonds. The summed E-state index contributed by atoms with van der Waals surface area (Å²) in [5, 5.41) is 2.86. The first-order valence-corrected chi connectivity index (χ1v) is 7.61. The van der Waals surface area contributed by atoms with Crippen LogP contribution in [0.1, 0.15) is 28.4 Å². The van der Waals surface area contributed by atoms with Crippen molar-refractivity contribution < 1.29 is 13.6 Å². The Balaban J connectivity index is 1.83. The van der Waals surface area contributed by atoms with Crippen molar-refractivity contribution in [1.29, 1.82) is 0 Å². The molecule has 21 heavy (non-hydrogen) atoms. The van der Waals surface area contributed by atoms with E-state index in [0.29, 0.717) is 0 Å². The number of benzene rings is 2. The smallest absolute Gasteiger partial charge is 0.251 e. The van der Waals surface area contributed by atoms with E-state index in [1.54, 1.807) is 23.9 Å². The third-order valence-corrected chi connectivity index (χ3v) is 4.53. The third-order valence-electron chi connectivity index (χ3n) is 3.40. The predicted octanol–water partition coefficient (Wildman–Crippen LogP) is 3.93. The molecule has 1 aliphatic rings. The van der Waals surface area contributed by atoms with E-state index in [4.69, 9.17) is 0 Å². The maximum Gasteiger partial charge on any atom is 0.251 e. The van der Waals surface area contributed by atoms with E-state index in [9.17, 15) is 13.6 Å². The zero-order valence-corrected chi connectivity index (χ0v) is 11.9. The second-order valence-electron chi connectivity index (χ2n) is 4.86. The highest BCUT2D eigenvalue weighted by Gasteiger charge is 2.23. The van der Waals surface area contributed by atoms with E-state index < -0.39 is 5.82 Å². The Morgan fingerprint density at radius 3 is 2.76 bits per heavy atom. The number of hydrogen-bond acceptors (Lipinski definition) is 2. The maximum absolute atomic E-state index is 13.4. The highest BCUT2D eigenvalue weighted by Crippen LogP contribution is 2.36. The molecule has 0 aliphatic carbocycles. The summed E-state index contributed by atoms with van der Waals surface area (Å²) >= 11 is 1.65. The number of carbonyl (C=O) groups excluding carboxylic acids is 1. The minimum atomic E-state index is -0.451. The highest BCUT2D eigenvalue weighted by molar-refractivity contribution is 7.99. The van der Waals surface area contributed by atoms with Gasteiger partial charge in [0.1, 0.15) is 11.6 Å². The fourth-order valence-corrected chi connectivity index (χ4v) is 3.49. The van der Waals surface area contributed by atoms with Crippen LogP contribution in [-0.4, -0.2) is 11.7 Å². The molecule has 1 aliphatic heterocycles. The first-order chi connectivity index (χ1) is 10.1. The van der Waals surface area contributed by atoms with Crippen molar-refractivity contribution in [2.45, 2.75) is 17.4 Å². The Labute approximate surface area is 125 Å². The van der Waals surface area contributed by atoms with Gasteiger partial charge in [-0.05, 0) is 48.4 Å². The topological polar surface area (TPSA) is 29.1 Å². The zero-order chi connectivity index (χ0) is 14.8. The Morgan fingerprint density at radius 1 is 1.14 bits per heavy atom. The lowest BCUT2D eigenvalue weighted by molar-refractivity contribution is 0.0934. The van der Waals surface area contributed by atoms with Crippen LogP contribution in [0, 0.1) is 11.6 Å². The van der Waals surface area contributed by atoms with Gasteiger partial charge < -0.3 is 5.32 Å². The maximum atomic E-state index is 13.4. The molecule has 2 aromatic carbocycles. The van der Waals surface area contributed by atoms with E-state index in [1.165, 1.54) is 30.3 Å². The number of rotatable bonds is 2. The van der Waals surface area contributed by atoms with Gasteiger partial charge in [-0.1, -0.05) is 6.07 Å². The van der Waals surface area contributed by atoms with E-state index in [0.717, 1.165) is 22.6 Å². The normalized spacial score (nSPS) is 17.1. The van der Waals surface area contributed by atoms with Crippen molar-refractivity contribution in [3.8, 4) is 0 Å². The van der Waals surface area contributed by atoms with Gasteiger partial charge in [-0.15, -0.1) is 11.8 Å². The Hall–Kier alpha value is -1.88. The van der Waals surface area contributed by atoms with Gasteiger partial charge in [0.2, 0.25) is 0 Å². The van der Waals surface area contributed by atoms with Crippen LogP contribution in [0.3, 0.4) is 0 Å². The van der Waals surface area contributed by atoms with Crippen LogP contribution in [-0.2, 0) is 0 Å². The lowest BCUT2D eigenvalue weighted by Crippen LogP contribution is -2.30. The molecule has 0 radical (unpaired) electrons. The summed E-state index contributed by atoms with van der Waals surface area (Å²) in [6, 6.07) is 9.90. The van der Waals surface area contributed by atoms with Crippen LogP contribution < -0.4 is 5.32 Å². The molecule has 108 valence electrons. The Bertz CT molecular complexity index is 690. The van der Waals surface area contributed by atoms with E-state index in [2.05, 4.69) is 5.32 Å². The molecule has 0 aromatic heterocycles. The van der Waals surface area contributed by atoms with E-state index >= 15 is 0 Å². The monoisotopic (exact) mass is 305 g/mol. The lowest BCUT2D eigenvalue weighted by Gasteiger charge is -2.26. The number of hydrogen-bond donors (Lipinski definition) is 1. The summed E-state index contributed by atoms with van der Waals surface area (Å²) in [5.74, 6) is -0.261. The third kappa shape index (κ3) is 3.08. The van der Waals surface area contributed by atoms with Crippen molar-refractivity contribution in [3.63, 3.8) is 0 Å². The molecule has 1 heterocycles. The summed E-state index contributed by atoms with van der Waals surface area (Å²) < 4.78 is 26.6. The molecule has 0 unspecified atom stereocenters. The number of amides is 1. The summed E-state index contributed by atoms with van der Waals surface area (Å²) in [4.78, 5) is 13.2. The quantitative estimate of drug-likeness (QED) is 0.911. The molecule has 1 atom stereocenters. The zero-order valence-electron chi connectivity index (χ0n) is 11.1. The van der Waals surface area contributed by atoms with Gasteiger partial charge in [-0.3, -0.25) is 4.79 Å². The van der Waals surface area contributed by atoms with Gasteiger partial charge in [-0.2, -0.15) is 0 Å². The molecular formula is C16H13F2NOS. The van der Waals surface area contributed by atoms with Crippen LogP contribution in [0.25, 0.3) is 0 Å². The van der Waals surface area contributed by atoms with Gasteiger partial charge in [0, 0.05) is 16.2 Å². The fraction of sp³-hybridized carbons (Fsp3) is 0.188. The van der Waals surface area contributed by atoms with E-state index in [-0.39, 0.29) is 23.3 Å². The molecule has 3 rings (SSSR count). The van der Waals surface area contributed by atoms with E-state index in [1.807, 2.05) is 0 Å². The Kier molecular flexibility index (Phi) is 3.92. The Morgan fingerprint density at radius 2 is 1.95 bits per heavy atom. The largest absolute Gasteiger partial charge is 0.345 e. The summed E-state index contributed by atoms with van der Waals surface area (Å²) in [6.45, 7) is 0. The molecule has 2 nitrogen and oxygen atoms in total. The first-order valence-electron chi connectivity index (χ1n) is 6.62. The van der Waals surface area contributed by atoms with Gasteiger partial charge in [-0.25, -0.2) is 8.78 Å². The van der Waals surface area contributed by atoms with Crippen molar-refractivity contribution in [2.24, 2.45) is 0 Å². The molecule has 2 aromatic rings. The van der Waals surface area contributed by atoms with Crippen molar-refractivity contribution in [2.75, 3.05) is 5.75 Å². The average Bonchev–Trinajstić information content (AvgIpc) is 2.48. The molecule has 1 N–H and O–H groups in total. The SMILES string of the molecule is O=C(N[C@H]1CCSc2ccc(F)cc21)c1cccc(F)c1. The average molecular weight is 305 g/mol. The van der Waals surface area contributed by atoms with Crippen molar-refractivity contribution in [3.05, 3.63) is 65.2 Å². The van der Waals surface area contributed by atoms with Crippen LogP contribution >= 0.6 is 11.8 Å². The minimum Gasteiger partial charge on any atom is -0.345 e. The second-order valence-corrected chi connectivity index (χ2v) is 5.99. The molecule has 0 bridgehead atoms. The predicted molar refractivity (Wildman–Crippen MR) is 78.3 cm³/mol. The lowest BCUT2D eigenvalue weighted by atomic mass is 10.0. The molecule has 5 heteroatoms. The van der Waals surface area contributed by atoms with Crippen LogP contribution in [0.15, 0.2) is 47.4 Å². The number of thioether (sulfide) groups is 1. The standard InChI is InChI=1S/C16H13F2NOS/c17-11-3-1-2-10(8-11)16(20)19-14-6-7-21-15-5-4-12(18)9-13(14)15/h1-5,8-9,14H,6-7H2,(H,19,20)/t14-/m0/s1. The molecule has 0 saturated heterocycles. The fourth-order valence-electron chi connectivity index (χ4n) is 2.39. The number of carbonyl (C=O) groups is 1.